The van der Waals surface area contributed by atoms with Crippen molar-refractivity contribution >= 4 is 5.82 Å². The van der Waals surface area contributed by atoms with E-state index in [0.29, 0.717) is 13.2 Å². The molecule has 100 valence electrons. The van der Waals surface area contributed by atoms with E-state index < -0.39 is 0 Å². The number of benzene rings is 1. The average molecular weight is 258 g/mol. The summed E-state index contributed by atoms with van der Waals surface area (Å²) in [6, 6.07) is 11.9. The molecule has 0 spiro atoms. The summed E-state index contributed by atoms with van der Waals surface area (Å²) in [5.74, 6) is 1.49. The molecule has 4 heteroatoms. The third-order valence-corrected chi connectivity index (χ3v) is 2.86. The van der Waals surface area contributed by atoms with Crippen LogP contribution in [0.2, 0.25) is 0 Å². The number of nitrogens with zero attached hydrogens (tertiary/aromatic N) is 1. The van der Waals surface area contributed by atoms with E-state index in [1.807, 2.05) is 24.3 Å². The van der Waals surface area contributed by atoms with Crippen LogP contribution in [0.4, 0.5) is 5.82 Å². The fourth-order valence-electron chi connectivity index (χ4n) is 1.89. The van der Waals surface area contributed by atoms with Crippen molar-refractivity contribution in [2.24, 2.45) is 0 Å². The van der Waals surface area contributed by atoms with Crippen molar-refractivity contribution in [1.82, 2.24) is 4.98 Å². The van der Waals surface area contributed by atoms with Crippen molar-refractivity contribution in [3.05, 3.63) is 53.7 Å². The molecule has 0 amide bonds. The molecule has 1 N–H and O–H groups in total. The number of rotatable bonds is 6. The third-order valence-electron chi connectivity index (χ3n) is 2.86. The quantitative estimate of drug-likeness (QED) is 0.865. The van der Waals surface area contributed by atoms with Gasteiger partial charge in [0.15, 0.2) is 11.6 Å². The second-order valence-corrected chi connectivity index (χ2v) is 4.11. The fraction of sp³-hybridized carbons (Fsp3) is 0.267. The lowest BCUT2D eigenvalue weighted by atomic mass is 10.1. The second-order valence-electron chi connectivity index (χ2n) is 4.11. The Morgan fingerprint density at radius 3 is 2.58 bits per heavy atom. The molecule has 0 saturated heterocycles. The Hall–Kier alpha value is -2.07. The zero-order valence-corrected chi connectivity index (χ0v) is 11.2. The summed E-state index contributed by atoms with van der Waals surface area (Å²) in [5.41, 5.74) is 2.37. The lowest BCUT2D eigenvalue weighted by Gasteiger charge is -2.12. The SMILES string of the molecule is COCc1ccccc1CNc1ncccc1OC. The predicted octanol–water partition coefficient (Wildman–Crippen LogP) is 2.85. The molecule has 0 aliphatic rings. The predicted molar refractivity (Wildman–Crippen MR) is 75.3 cm³/mol. The minimum Gasteiger partial charge on any atom is -0.493 e. The molecule has 0 saturated carbocycles. The molecule has 1 aromatic heterocycles. The van der Waals surface area contributed by atoms with Gasteiger partial charge in [-0.3, -0.25) is 0 Å². The number of hydrogen-bond donors (Lipinski definition) is 1. The van der Waals surface area contributed by atoms with Crippen LogP contribution in [0.25, 0.3) is 0 Å². The van der Waals surface area contributed by atoms with E-state index in [1.54, 1.807) is 20.4 Å². The summed E-state index contributed by atoms with van der Waals surface area (Å²) in [6.45, 7) is 1.30. The van der Waals surface area contributed by atoms with Crippen LogP contribution in [-0.2, 0) is 17.9 Å². The molecular formula is C15H18N2O2. The van der Waals surface area contributed by atoms with Crippen LogP contribution in [-0.4, -0.2) is 19.2 Å². The summed E-state index contributed by atoms with van der Waals surface area (Å²) in [7, 11) is 3.34. The number of pyridine rings is 1. The highest BCUT2D eigenvalue weighted by Gasteiger charge is 2.05. The first-order valence-corrected chi connectivity index (χ1v) is 6.13. The van der Waals surface area contributed by atoms with Crippen LogP contribution in [0.3, 0.4) is 0 Å². The second kappa shape index (κ2) is 6.75. The number of anilines is 1. The largest absolute Gasteiger partial charge is 0.493 e. The smallest absolute Gasteiger partial charge is 0.168 e. The van der Waals surface area contributed by atoms with Crippen LogP contribution < -0.4 is 10.1 Å². The van der Waals surface area contributed by atoms with E-state index in [-0.39, 0.29) is 0 Å². The van der Waals surface area contributed by atoms with Gasteiger partial charge in [-0.25, -0.2) is 4.98 Å². The van der Waals surface area contributed by atoms with Gasteiger partial charge >= 0.3 is 0 Å². The maximum absolute atomic E-state index is 5.26. The normalized spacial score (nSPS) is 10.2. The van der Waals surface area contributed by atoms with Gasteiger partial charge in [-0.2, -0.15) is 0 Å². The van der Waals surface area contributed by atoms with E-state index in [1.165, 1.54) is 11.1 Å². The number of nitrogens with one attached hydrogen (secondary N) is 1. The molecule has 0 fully saturated rings. The first kappa shape index (κ1) is 13.4. The standard InChI is InChI=1S/C15H18N2O2/c1-18-11-13-7-4-3-6-12(13)10-17-15-14(19-2)8-5-9-16-15/h3-9H,10-11H2,1-2H3,(H,16,17). The zero-order valence-electron chi connectivity index (χ0n) is 11.2. The first-order valence-electron chi connectivity index (χ1n) is 6.13. The number of hydrogen-bond acceptors (Lipinski definition) is 4. The molecule has 1 heterocycles. The van der Waals surface area contributed by atoms with Gasteiger partial charge in [0.1, 0.15) is 0 Å². The van der Waals surface area contributed by atoms with E-state index in [4.69, 9.17) is 9.47 Å². The molecule has 4 nitrogen and oxygen atoms in total. The van der Waals surface area contributed by atoms with Crippen molar-refractivity contribution in [2.75, 3.05) is 19.5 Å². The van der Waals surface area contributed by atoms with Crippen molar-refractivity contribution in [3.8, 4) is 5.75 Å². The topological polar surface area (TPSA) is 43.4 Å². The molecular weight excluding hydrogens is 240 g/mol. The Labute approximate surface area is 113 Å². The van der Waals surface area contributed by atoms with E-state index >= 15 is 0 Å². The lowest BCUT2D eigenvalue weighted by molar-refractivity contribution is 0.184. The summed E-state index contributed by atoms with van der Waals surface area (Å²) in [5, 5.41) is 3.29. The monoisotopic (exact) mass is 258 g/mol. The summed E-state index contributed by atoms with van der Waals surface area (Å²) >= 11 is 0. The number of ether oxygens (including phenoxy) is 2. The van der Waals surface area contributed by atoms with Crippen molar-refractivity contribution in [2.45, 2.75) is 13.2 Å². The lowest BCUT2D eigenvalue weighted by Crippen LogP contribution is -2.06. The molecule has 0 atom stereocenters. The Kier molecular flexibility index (Phi) is 4.75. The average Bonchev–Trinajstić information content (AvgIpc) is 2.47. The van der Waals surface area contributed by atoms with E-state index in [2.05, 4.69) is 22.4 Å². The maximum atomic E-state index is 5.26. The van der Waals surface area contributed by atoms with Gasteiger partial charge in [0.25, 0.3) is 0 Å². The molecule has 0 aliphatic carbocycles. The summed E-state index contributed by atoms with van der Waals surface area (Å²) in [6.07, 6.45) is 1.74. The van der Waals surface area contributed by atoms with Crippen LogP contribution in [0.1, 0.15) is 11.1 Å². The van der Waals surface area contributed by atoms with Crippen molar-refractivity contribution < 1.29 is 9.47 Å². The van der Waals surface area contributed by atoms with Gasteiger partial charge in [0.05, 0.1) is 13.7 Å². The first-order chi connectivity index (χ1) is 9.35. The maximum Gasteiger partial charge on any atom is 0.168 e. The Balaban J connectivity index is 2.10. The molecule has 0 unspecified atom stereocenters. The molecule has 0 radical (unpaired) electrons. The van der Waals surface area contributed by atoms with Crippen LogP contribution in [0.5, 0.6) is 5.75 Å². The van der Waals surface area contributed by atoms with Gasteiger partial charge < -0.3 is 14.8 Å². The highest BCUT2D eigenvalue weighted by Crippen LogP contribution is 2.21. The Morgan fingerprint density at radius 2 is 1.84 bits per heavy atom. The minimum atomic E-state index is 0.608. The van der Waals surface area contributed by atoms with Gasteiger partial charge in [0.2, 0.25) is 0 Å². The fourth-order valence-corrected chi connectivity index (χ4v) is 1.89. The van der Waals surface area contributed by atoms with Gasteiger partial charge in [-0.1, -0.05) is 24.3 Å². The number of aromatic nitrogens is 1. The minimum absolute atomic E-state index is 0.608. The number of methoxy groups -OCH3 is 2. The van der Waals surface area contributed by atoms with Crippen molar-refractivity contribution in [1.29, 1.82) is 0 Å². The van der Waals surface area contributed by atoms with Gasteiger partial charge in [-0.15, -0.1) is 0 Å². The van der Waals surface area contributed by atoms with E-state index in [0.717, 1.165) is 11.6 Å². The molecule has 2 aromatic rings. The van der Waals surface area contributed by atoms with Gasteiger partial charge in [0, 0.05) is 19.9 Å². The zero-order chi connectivity index (χ0) is 13.5. The van der Waals surface area contributed by atoms with Crippen molar-refractivity contribution in [3.63, 3.8) is 0 Å². The molecule has 0 aliphatic heterocycles. The Bertz CT molecular complexity index is 529. The summed E-state index contributed by atoms with van der Waals surface area (Å²) in [4.78, 5) is 4.27. The molecule has 1 aromatic carbocycles. The summed E-state index contributed by atoms with van der Waals surface area (Å²) < 4.78 is 10.5. The molecule has 19 heavy (non-hydrogen) atoms. The van der Waals surface area contributed by atoms with Crippen LogP contribution in [0, 0.1) is 0 Å². The van der Waals surface area contributed by atoms with Gasteiger partial charge in [-0.05, 0) is 23.3 Å². The van der Waals surface area contributed by atoms with Crippen LogP contribution >= 0.6 is 0 Å². The van der Waals surface area contributed by atoms with Crippen LogP contribution in [0.15, 0.2) is 42.6 Å². The Morgan fingerprint density at radius 1 is 1.05 bits per heavy atom. The van der Waals surface area contributed by atoms with E-state index in [9.17, 15) is 0 Å². The third kappa shape index (κ3) is 3.45. The highest BCUT2D eigenvalue weighted by molar-refractivity contribution is 5.50. The molecule has 0 bridgehead atoms. The highest BCUT2D eigenvalue weighted by atomic mass is 16.5. The molecule has 2 rings (SSSR count).